The number of hydrogen-bond donors (Lipinski definition) is 0. The van der Waals surface area contributed by atoms with Crippen LogP contribution >= 0.6 is 0 Å². The van der Waals surface area contributed by atoms with Crippen molar-refractivity contribution in [3.8, 4) is 5.75 Å². The van der Waals surface area contributed by atoms with Crippen molar-refractivity contribution in [2.75, 3.05) is 13.7 Å². The van der Waals surface area contributed by atoms with Crippen molar-refractivity contribution in [3.05, 3.63) is 29.8 Å². The van der Waals surface area contributed by atoms with Crippen molar-refractivity contribution in [1.82, 2.24) is 0 Å². The van der Waals surface area contributed by atoms with Gasteiger partial charge in [-0.2, -0.15) is 0 Å². The van der Waals surface area contributed by atoms with Gasteiger partial charge in [-0.05, 0) is 50.3 Å². The third-order valence-electron chi connectivity index (χ3n) is 3.93. The molecule has 2 unspecified atom stereocenters. The van der Waals surface area contributed by atoms with Crippen LogP contribution in [0.25, 0.3) is 0 Å². The normalized spacial score (nSPS) is 21.7. The van der Waals surface area contributed by atoms with Crippen LogP contribution in [0.2, 0.25) is 0 Å². The maximum absolute atomic E-state index is 12.1. The molecule has 4 heteroatoms. The average Bonchev–Trinajstić information content (AvgIpc) is 3.28. The molecule has 0 aliphatic carbocycles. The quantitative estimate of drug-likeness (QED) is 0.545. The minimum absolute atomic E-state index is 0.0445. The number of rotatable bonds is 8. The van der Waals surface area contributed by atoms with Crippen LogP contribution in [0.3, 0.4) is 0 Å². The lowest BCUT2D eigenvalue weighted by atomic mass is 10.00. The van der Waals surface area contributed by atoms with Crippen LogP contribution < -0.4 is 4.74 Å². The fourth-order valence-corrected chi connectivity index (χ4v) is 2.23. The van der Waals surface area contributed by atoms with E-state index in [9.17, 15) is 4.79 Å². The molecule has 1 aromatic rings. The second kappa shape index (κ2) is 6.94. The Morgan fingerprint density at radius 1 is 1.48 bits per heavy atom. The molecule has 1 fully saturated rings. The van der Waals surface area contributed by atoms with Crippen molar-refractivity contribution in [1.29, 1.82) is 0 Å². The van der Waals surface area contributed by atoms with E-state index < -0.39 is 5.60 Å². The second-order valence-corrected chi connectivity index (χ2v) is 5.61. The summed E-state index contributed by atoms with van der Waals surface area (Å²) in [5.74, 6) is 0.656. The molecule has 1 aliphatic heterocycles. The van der Waals surface area contributed by atoms with E-state index in [0.29, 0.717) is 13.0 Å². The van der Waals surface area contributed by atoms with Gasteiger partial charge in [-0.15, -0.1) is 0 Å². The summed E-state index contributed by atoms with van der Waals surface area (Å²) in [4.78, 5) is 12.1. The average molecular weight is 292 g/mol. The Kier molecular flexibility index (Phi) is 5.23. The smallest absolute Gasteiger partial charge is 0.341 e. The van der Waals surface area contributed by atoms with Crippen molar-refractivity contribution in [2.45, 2.75) is 51.2 Å². The molecule has 1 aromatic carbocycles. The van der Waals surface area contributed by atoms with Gasteiger partial charge in [0.15, 0.2) is 5.60 Å². The Hall–Kier alpha value is -1.55. The van der Waals surface area contributed by atoms with Crippen LogP contribution in [0, 0.1) is 0 Å². The minimum atomic E-state index is -0.678. The molecule has 4 nitrogen and oxygen atoms in total. The van der Waals surface area contributed by atoms with Gasteiger partial charge in [-0.3, -0.25) is 0 Å². The maximum Gasteiger partial charge on any atom is 0.341 e. The molecule has 0 spiro atoms. The van der Waals surface area contributed by atoms with Gasteiger partial charge in [-0.25, -0.2) is 4.79 Å². The first-order chi connectivity index (χ1) is 10.1. The molecule has 0 aromatic heterocycles. The Morgan fingerprint density at radius 3 is 2.86 bits per heavy atom. The highest BCUT2D eigenvalue weighted by atomic mass is 16.6. The molecule has 0 N–H and O–H groups in total. The number of hydrogen-bond acceptors (Lipinski definition) is 4. The highest BCUT2D eigenvalue weighted by Gasteiger charge is 2.53. The van der Waals surface area contributed by atoms with Crippen molar-refractivity contribution >= 4 is 5.97 Å². The first kappa shape index (κ1) is 15.8. The zero-order valence-corrected chi connectivity index (χ0v) is 13.1. The molecular formula is C17H24O4. The zero-order valence-electron chi connectivity index (χ0n) is 13.1. The van der Waals surface area contributed by atoms with Crippen LogP contribution in [0.5, 0.6) is 5.75 Å². The van der Waals surface area contributed by atoms with Crippen LogP contribution in [0.15, 0.2) is 24.3 Å². The summed E-state index contributed by atoms with van der Waals surface area (Å²) in [6.07, 6.45) is 3.28. The van der Waals surface area contributed by atoms with E-state index >= 15 is 0 Å². The number of esters is 1. The maximum atomic E-state index is 12.1. The molecule has 0 saturated carbocycles. The Balaban J connectivity index is 1.81. The molecule has 21 heavy (non-hydrogen) atoms. The van der Waals surface area contributed by atoms with Crippen molar-refractivity contribution < 1.29 is 19.0 Å². The number of ether oxygens (including phenoxy) is 3. The fourth-order valence-electron chi connectivity index (χ4n) is 2.23. The molecule has 1 saturated heterocycles. The second-order valence-electron chi connectivity index (χ2n) is 5.61. The molecule has 0 radical (unpaired) electrons. The molecular weight excluding hydrogens is 268 g/mol. The van der Waals surface area contributed by atoms with Crippen molar-refractivity contribution in [2.24, 2.45) is 0 Å². The van der Waals surface area contributed by atoms with E-state index in [-0.39, 0.29) is 12.1 Å². The molecule has 2 rings (SSSR count). The van der Waals surface area contributed by atoms with Gasteiger partial charge in [0, 0.05) is 0 Å². The third-order valence-corrected chi connectivity index (χ3v) is 3.93. The molecule has 0 bridgehead atoms. The first-order valence-corrected chi connectivity index (χ1v) is 7.57. The van der Waals surface area contributed by atoms with Crippen LogP contribution in [0.1, 0.15) is 38.7 Å². The third kappa shape index (κ3) is 4.21. The number of carbonyl (C=O) groups is 1. The van der Waals surface area contributed by atoms with Crippen LogP contribution in [-0.2, 0) is 20.7 Å². The lowest BCUT2D eigenvalue weighted by Gasteiger charge is -2.15. The highest BCUT2D eigenvalue weighted by Crippen LogP contribution is 2.34. The van der Waals surface area contributed by atoms with Crippen molar-refractivity contribution in [3.63, 3.8) is 0 Å². The summed E-state index contributed by atoms with van der Waals surface area (Å²) in [7, 11) is 1.66. The predicted octanol–water partition coefficient (Wildman–Crippen LogP) is 3.13. The lowest BCUT2D eigenvalue weighted by molar-refractivity contribution is -0.155. The van der Waals surface area contributed by atoms with E-state index in [1.165, 1.54) is 5.56 Å². The summed E-state index contributed by atoms with van der Waals surface area (Å²) < 4.78 is 16.0. The summed E-state index contributed by atoms with van der Waals surface area (Å²) >= 11 is 0. The standard InChI is InChI=1S/C17H24O4/c1-4-13(2)21-16(18)17(12-20-17)10-6-8-14-7-5-9-15(11-14)19-3/h5,7,9,11,13H,4,6,8,10,12H2,1-3H3. The van der Waals surface area contributed by atoms with Gasteiger partial charge in [-0.1, -0.05) is 19.1 Å². The van der Waals surface area contributed by atoms with E-state index in [1.54, 1.807) is 7.11 Å². The van der Waals surface area contributed by atoms with Gasteiger partial charge in [0.05, 0.1) is 19.8 Å². The van der Waals surface area contributed by atoms with Gasteiger partial charge in [0.2, 0.25) is 0 Å². The number of aryl methyl sites for hydroxylation is 1. The Morgan fingerprint density at radius 2 is 2.24 bits per heavy atom. The molecule has 0 amide bonds. The van der Waals surface area contributed by atoms with Gasteiger partial charge >= 0.3 is 5.97 Å². The van der Waals surface area contributed by atoms with E-state index in [2.05, 4.69) is 6.07 Å². The van der Waals surface area contributed by atoms with E-state index in [4.69, 9.17) is 14.2 Å². The zero-order chi connectivity index (χ0) is 15.3. The van der Waals surface area contributed by atoms with E-state index in [1.807, 2.05) is 32.0 Å². The molecule has 1 aliphatic rings. The summed E-state index contributed by atoms with van der Waals surface area (Å²) in [5, 5.41) is 0. The van der Waals surface area contributed by atoms with Crippen LogP contribution in [0.4, 0.5) is 0 Å². The number of epoxide rings is 1. The van der Waals surface area contributed by atoms with Crippen LogP contribution in [-0.4, -0.2) is 31.4 Å². The monoisotopic (exact) mass is 292 g/mol. The Labute approximate surface area is 126 Å². The highest BCUT2D eigenvalue weighted by molar-refractivity contribution is 5.82. The Bertz CT molecular complexity index is 479. The first-order valence-electron chi connectivity index (χ1n) is 7.57. The predicted molar refractivity (Wildman–Crippen MR) is 80.5 cm³/mol. The fraction of sp³-hybridized carbons (Fsp3) is 0.588. The molecule has 1 heterocycles. The number of methoxy groups -OCH3 is 1. The minimum Gasteiger partial charge on any atom is -0.497 e. The van der Waals surface area contributed by atoms with Gasteiger partial charge in [0.1, 0.15) is 5.75 Å². The topological polar surface area (TPSA) is 48.1 Å². The lowest BCUT2D eigenvalue weighted by Crippen LogP contribution is -2.30. The number of benzene rings is 1. The number of carbonyl (C=O) groups excluding carboxylic acids is 1. The SMILES string of the molecule is CCC(C)OC(=O)C1(CCCc2cccc(OC)c2)CO1. The summed E-state index contributed by atoms with van der Waals surface area (Å²) in [6, 6.07) is 8.01. The van der Waals surface area contributed by atoms with E-state index in [0.717, 1.165) is 25.0 Å². The summed E-state index contributed by atoms with van der Waals surface area (Å²) in [6.45, 7) is 4.39. The molecule has 116 valence electrons. The summed E-state index contributed by atoms with van der Waals surface area (Å²) in [5.41, 5.74) is 0.530. The van der Waals surface area contributed by atoms with Gasteiger partial charge in [0.25, 0.3) is 0 Å². The largest absolute Gasteiger partial charge is 0.497 e. The molecule has 2 atom stereocenters. The van der Waals surface area contributed by atoms with Gasteiger partial charge < -0.3 is 14.2 Å².